The lowest BCUT2D eigenvalue weighted by molar-refractivity contribution is 0.328. The number of aryl methyl sites for hydroxylation is 1. The van der Waals surface area contributed by atoms with E-state index in [1.54, 1.807) is 19.4 Å². The molecule has 0 aliphatic rings. The number of pyridine rings is 2. The first-order valence-electron chi connectivity index (χ1n) is 10.6. The summed E-state index contributed by atoms with van der Waals surface area (Å²) < 4.78 is 7.64. The predicted molar refractivity (Wildman–Crippen MR) is 125 cm³/mol. The van der Waals surface area contributed by atoms with Crippen molar-refractivity contribution in [3.05, 3.63) is 48.3 Å². The third-order valence-electron chi connectivity index (χ3n) is 4.92. The van der Waals surface area contributed by atoms with Gasteiger partial charge in [-0.3, -0.25) is 0 Å². The number of rotatable bonds is 10. The van der Waals surface area contributed by atoms with Crippen LogP contribution in [0.2, 0.25) is 0 Å². The first-order chi connectivity index (χ1) is 14.9. The van der Waals surface area contributed by atoms with E-state index in [2.05, 4.69) is 34.4 Å². The van der Waals surface area contributed by atoms with Crippen LogP contribution in [0.4, 0.5) is 11.4 Å². The topological polar surface area (TPSA) is 101 Å². The Kier molecular flexibility index (Phi) is 7.23. The van der Waals surface area contributed by atoms with Gasteiger partial charge in [0.15, 0.2) is 0 Å². The summed E-state index contributed by atoms with van der Waals surface area (Å²) in [6.45, 7) is 9.00. The lowest BCUT2D eigenvalue weighted by Gasteiger charge is -2.22. The molecule has 8 nitrogen and oxygen atoms in total. The highest BCUT2D eigenvalue weighted by molar-refractivity contribution is 6.03. The quantitative estimate of drug-likeness (QED) is 0.417. The summed E-state index contributed by atoms with van der Waals surface area (Å²) in [5.41, 5.74) is 5.11. The lowest BCUT2D eigenvalue weighted by Crippen LogP contribution is -2.19. The molecule has 0 spiro atoms. The molecule has 1 unspecified atom stereocenters. The summed E-state index contributed by atoms with van der Waals surface area (Å²) in [7, 11) is 1.95. The fourth-order valence-electron chi connectivity index (χ4n) is 3.17. The second kappa shape index (κ2) is 10.1. The summed E-state index contributed by atoms with van der Waals surface area (Å²) in [6, 6.07) is 6.02. The van der Waals surface area contributed by atoms with Gasteiger partial charge in [0.25, 0.3) is 0 Å². The van der Waals surface area contributed by atoms with E-state index in [1.807, 2.05) is 42.9 Å². The highest BCUT2D eigenvalue weighted by atomic mass is 16.5. The number of nitrogens with zero attached hydrogens (tertiary/aromatic N) is 4. The van der Waals surface area contributed by atoms with Gasteiger partial charge in [-0.15, -0.1) is 0 Å². The van der Waals surface area contributed by atoms with Gasteiger partial charge >= 0.3 is 0 Å². The second-order valence-electron chi connectivity index (χ2n) is 7.53. The molecular formula is C23H31N7O. The van der Waals surface area contributed by atoms with Gasteiger partial charge in [0.05, 0.1) is 53.5 Å². The summed E-state index contributed by atoms with van der Waals surface area (Å²) in [6.07, 6.45) is 6.42. The molecule has 3 N–H and O–H groups in total. The van der Waals surface area contributed by atoms with E-state index in [-0.39, 0.29) is 6.04 Å². The average molecular weight is 422 g/mol. The molecule has 0 radical (unpaired) electrons. The Hall–Kier alpha value is -3.42. The molecule has 0 bridgehead atoms. The maximum Gasteiger partial charge on any atom is 0.222 e. The molecule has 0 saturated carbocycles. The van der Waals surface area contributed by atoms with Crippen molar-refractivity contribution < 1.29 is 4.74 Å². The Labute approximate surface area is 183 Å². The zero-order valence-corrected chi connectivity index (χ0v) is 18.9. The molecule has 164 valence electrons. The van der Waals surface area contributed by atoms with Crippen molar-refractivity contribution in [3.63, 3.8) is 0 Å². The Balaban J connectivity index is 2.10. The zero-order chi connectivity index (χ0) is 22.4. The van der Waals surface area contributed by atoms with Gasteiger partial charge in [-0.2, -0.15) is 0 Å². The number of imidazole rings is 1. The van der Waals surface area contributed by atoms with Gasteiger partial charge < -0.3 is 25.3 Å². The molecule has 1 atom stereocenters. The van der Waals surface area contributed by atoms with Gasteiger partial charge in [0, 0.05) is 25.5 Å². The monoisotopic (exact) mass is 421 g/mol. The van der Waals surface area contributed by atoms with Crippen LogP contribution in [-0.4, -0.2) is 37.9 Å². The second-order valence-corrected chi connectivity index (χ2v) is 7.53. The van der Waals surface area contributed by atoms with Crippen molar-refractivity contribution >= 4 is 17.1 Å². The Morgan fingerprint density at radius 1 is 1.29 bits per heavy atom. The first kappa shape index (κ1) is 22.3. The molecule has 0 aliphatic carbocycles. The van der Waals surface area contributed by atoms with Crippen LogP contribution in [0.25, 0.3) is 11.3 Å². The van der Waals surface area contributed by atoms with Crippen molar-refractivity contribution in [1.29, 1.82) is 5.41 Å². The fourth-order valence-corrected chi connectivity index (χ4v) is 3.17. The molecule has 0 aliphatic heterocycles. The Morgan fingerprint density at radius 3 is 2.74 bits per heavy atom. The number of aromatic nitrogens is 4. The van der Waals surface area contributed by atoms with E-state index in [0.29, 0.717) is 36.1 Å². The summed E-state index contributed by atoms with van der Waals surface area (Å²) >= 11 is 0. The summed E-state index contributed by atoms with van der Waals surface area (Å²) in [4.78, 5) is 13.6. The van der Waals surface area contributed by atoms with E-state index < -0.39 is 0 Å². The largest absolute Gasteiger partial charge is 0.477 e. The van der Waals surface area contributed by atoms with Gasteiger partial charge in [0.2, 0.25) is 5.88 Å². The first-order valence-corrected chi connectivity index (χ1v) is 10.6. The molecular weight excluding hydrogens is 390 g/mol. The molecule has 3 heterocycles. The standard InChI is InChI=1S/C23H31N7O/c1-6-15(3)28-22-20(26-12-17-13-30(5)14-27-17)11-19(29-21(22)16(4)24)18-9-8-10-25-23(18)31-7-2/h8-11,13-15,24,28H,6-7,12H2,1-5H3,(H,26,29). The van der Waals surface area contributed by atoms with Crippen LogP contribution < -0.4 is 15.4 Å². The van der Waals surface area contributed by atoms with E-state index in [0.717, 1.165) is 29.1 Å². The minimum absolute atomic E-state index is 0.235. The van der Waals surface area contributed by atoms with Crippen molar-refractivity contribution in [2.45, 2.75) is 46.7 Å². The molecule has 3 aromatic rings. The molecule has 0 amide bonds. The summed E-state index contributed by atoms with van der Waals surface area (Å²) in [5.74, 6) is 0.532. The minimum atomic E-state index is 0.235. The molecule has 8 heteroatoms. The minimum Gasteiger partial charge on any atom is -0.477 e. The maximum atomic E-state index is 8.37. The van der Waals surface area contributed by atoms with E-state index in [9.17, 15) is 0 Å². The normalized spacial score (nSPS) is 11.8. The lowest BCUT2D eigenvalue weighted by atomic mass is 10.1. The summed E-state index contributed by atoms with van der Waals surface area (Å²) in [5, 5.41) is 15.4. The molecule has 0 aromatic carbocycles. The van der Waals surface area contributed by atoms with Gasteiger partial charge in [-0.05, 0) is 45.4 Å². The fraction of sp³-hybridized carbons (Fsp3) is 0.391. The van der Waals surface area contributed by atoms with Crippen LogP contribution in [0, 0.1) is 5.41 Å². The van der Waals surface area contributed by atoms with Crippen LogP contribution in [0.15, 0.2) is 36.9 Å². The number of ether oxygens (including phenoxy) is 1. The van der Waals surface area contributed by atoms with E-state index in [4.69, 9.17) is 15.1 Å². The van der Waals surface area contributed by atoms with Crippen LogP contribution in [0.3, 0.4) is 0 Å². The average Bonchev–Trinajstić information content (AvgIpc) is 3.18. The van der Waals surface area contributed by atoms with Crippen molar-refractivity contribution in [1.82, 2.24) is 19.5 Å². The zero-order valence-electron chi connectivity index (χ0n) is 18.9. The van der Waals surface area contributed by atoms with Gasteiger partial charge in [-0.25, -0.2) is 15.0 Å². The van der Waals surface area contributed by atoms with Crippen molar-refractivity contribution in [2.24, 2.45) is 7.05 Å². The number of nitrogens with one attached hydrogen (secondary N) is 3. The maximum absolute atomic E-state index is 8.37. The smallest absolute Gasteiger partial charge is 0.222 e. The SMILES string of the molecule is CCOc1ncccc1-c1cc(NCc2cn(C)cn2)c(NC(C)CC)c(C(C)=N)n1. The number of hydrogen-bond donors (Lipinski definition) is 3. The third kappa shape index (κ3) is 5.39. The van der Waals surface area contributed by atoms with Crippen molar-refractivity contribution in [3.8, 4) is 17.1 Å². The van der Waals surface area contributed by atoms with E-state index >= 15 is 0 Å². The highest BCUT2D eigenvalue weighted by Crippen LogP contribution is 2.34. The molecule has 3 aromatic heterocycles. The van der Waals surface area contributed by atoms with Crippen LogP contribution in [-0.2, 0) is 13.6 Å². The Bertz CT molecular complexity index is 1040. The molecule has 0 fully saturated rings. The molecule has 3 rings (SSSR count). The third-order valence-corrected chi connectivity index (χ3v) is 4.92. The molecule has 31 heavy (non-hydrogen) atoms. The van der Waals surface area contributed by atoms with Crippen LogP contribution in [0.1, 0.15) is 45.5 Å². The highest BCUT2D eigenvalue weighted by Gasteiger charge is 2.19. The number of hydrogen-bond acceptors (Lipinski definition) is 7. The van der Waals surface area contributed by atoms with Gasteiger partial charge in [0.1, 0.15) is 5.69 Å². The molecule has 0 saturated heterocycles. The van der Waals surface area contributed by atoms with E-state index in [1.165, 1.54) is 0 Å². The van der Waals surface area contributed by atoms with Crippen LogP contribution in [0.5, 0.6) is 5.88 Å². The van der Waals surface area contributed by atoms with Crippen molar-refractivity contribution in [2.75, 3.05) is 17.2 Å². The van der Waals surface area contributed by atoms with Crippen LogP contribution >= 0.6 is 0 Å². The van der Waals surface area contributed by atoms with Gasteiger partial charge in [-0.1, -0.05) is 6.92 Å². The Morgan fingerprint density at radius 2 is 2.10 bits per heavy atom. The predicted octanol–water partition coefficient (Wildman–Crippen LogP) is 4.49. The number of anilines is 2.